The number of rotatable bonds is 5. The maximum Gasteiger partial charge on any atom is 0.259 e. The van der Waals surface area contributed by atoms with Gasteiger partial charge < -0.3 is 20.9 Å². The number of hydrogen-bond acceptors (Lipinski definition) is 7. The molecule has 28 heavy (non-hydrogen) atoms. The molecule has 148 valence electrons. The molecule has 0 radical (unpaired) electrons. The lowest BCUT2D eigenvalue weighted by molar-refractivity contribution is 0.0878. The van der Waals surface area contributed by atoms with Crippen molar-refractivity contribution in [1.82, 2.24) is 10.3 Å². The number of amides is 1. The normalized spacial score (nSPS) is 15.3. The molecule has 2 aromatic rings. The summed E-state index contributed by atoms with van der Waals surface area (Å²) in [5, 5.41) is 12.5. The van der Waals surface area contributed by atoms with E-state index in [1.807, 2.05) is 0 Å². The molecule has 1 aliphatic heterocycles. The summed E-state index contributed by atoms with van der Waals surface area (Å²) in [5.41, 5.74) is 6.06. The molecule has 0 fully saturated rings. The Bertz CT molecular complexity index is 1060. The van der Waals surface area contributed by atoms with Gasteiger partial charge in [-0.2, -0.15) is 0 Å². The van der Waals surface area contributed by atoms with Gasteiger partial charge in [-0.05, 0) is 31.5 Å². The zero-order valence-electron chi connectivity index (χ0n) is 15.3. The van der Waals surface area contributed by atoms with Crippen LogP contribution >= 0.6 is 0 Å². The highest BCUT2D eigenvalue weighted by molar-refractivity contribution is 7.89. The standard InChI is InChI=1S/C18H20N4O5S/c1-18(2,21-17(24)12-6-7-20-8-13(12)23)10-27-14-5-3-4-11-9-28(25,26)22-16(19)15(11)14/h3-8,23H,9-10H2,1-2H3,(H2,19,22)(H,21,24). The fraction of sp³-hybridized carbons (Fsp3) is 0.278. The summed E-state index contributed by atoms with van der Waals surface area (Å²) in [4.78, 5) is 16.1. The first-order valence-corrected chi connectivity index (χ1v) is 9.97. The number of nitrogens with two attached hydrogens (primary N) is 1. The maximum absolute atomic E-state index is 12.4. The molecule has 9 nitrogen and oxygen atoms in total. The van der Waals surface area contributed by atoms with Gasteiger partial charge in [0, 0.05) is 6.20 Å². The highest BCUT2D eigenvalue weighted by Gasteiger charge is 2.27. The number of benzene rings is 1. The first-order chi connectivity index (χ1) is 13.1. The van der Waals surface area contributed by atoms with Crippen LogP contribution in [0.2, 0.25) is 0 Å². The van der Waals surface area contributed by atoms with Gasteiger partial charge in [0.15, 0.2) is 0 Å². The molecule has 1 aromatic carbocycles. The number of carbonyl (C=O) groups excluding carboxylic acids is 1. The molecule has 4 N–H and O–H groups in total. The van der Waals surface area contributed by atoms with Crippen molar-refractivity contribution in [2.24, 2.45) is 10.1 Å². The number of hydrogen-bond donors (Lipinski definition) is 3. The molecule has 0 saturated carbocycles. The second kappa shape index (κ2) is 7.12. The quantitative estimate of drug-likeness (QED) is 0.672. The number of nitrogens with one attached hydrogen (secondary N) is 1. The van der Waals surface area contributed by atoms with E-state index in [2.05, 4.69) is 14.7 Å². The molecule has 1 aromatic heterocycles. The number of sulfonamides is 1. The van der Waals surface area contributed by atoms with E-state index in [0.29, 0.717) is 16.9 Å². The number of aromatic hydroxyl groups is 1. The second-order valence-corrected chi connectivity index (χ2v) is 8.65. The van der Waals surface area contributed by atoms with Crippen LogP contribution in [0, 0.1) is 0 Å². The van der Waals surface area contributed by atoms with Crippen molar-refractivity contribution in [3.05, 3.63) is 53.3 Å². The predicted octanol–water partition coefficient (Wildman–Crippen LogP) is 0.923. The molecule has 1 aliphatic rings. The van der Waals surface area contributed by atoms with E-state index < -0.39 is 21.5 Å². The summed E-state index contributed by atoms with van der Waals surface area (Å²) in [6.07, 6.45) is 2.59. The molecule has 0 aliphatic carbocycles. The van der Waals surface area contributed by atoms with E-state index in [4.69, 9.17) is 10.5 Å². The lowest BCUT2D eigenvalue weighted by atomic mass is 10.0. The summed E-state index contributed by atoms with van der Waals surface area (Å²) in [5.74, 6) is -0.695. The van der Waals surface area contributed by atoms with Gasteiger partial charge in [0.25, 0.3) is 15.9 Å². The van der Waals surface area contributed by atoms with Crippen molar-refractivity contribution in [2.75, 3.05) is 6.61 Å². The molecule has 1 amide bonds. The Morgan fingerprint density at radius 1 is 1.36 bits per heavy atom. The summed E-state index contributed by atoms with van der Waals surface area (Å²) < 4.78 is 32.9. The fourth-order valence-corrected chi connectivity index (χ4v) is 3.87. The van der Waals surface area contributed by atoms with E-state index in [1.54, 1.807) is 32.0 Å². The average molecular weight is 404 g/mol. The Morgan fingerprint density at radius 2 is 2.11 bits per heavy atom. The number of amidine groups is 1. The minimum atomic E-state index is -3.63. The number of nitrogens with zero attached hydrogens (tertiary/aromatic N) is 2. The van der Waals surface area contributed by atoms with E-state index >= 15 is 0 Å². The van der Waals surface area contributed by atoms with Crippen molar-refractivity contribution in [2.45, 2.75) is 25.1 Å². The molecule has 0 spiro atoms. The van der Waals surface area contributed by atoms with Crippen LogP contribution in [0.15, 0.2) is 41.1 Å². The Morgan fingerprint density at radius 3 is 2.82 bits per heavy atom. The SMILES string of the molecule is CC(C)(COc1cccc2c1C(N)=NS(=O)(=O)C2)NC(=O)c1ccncc1O. The van der Waals surface area contributed by atoms with Crippen LogP contribution in [0.25, 0.3) is 0 Å². The van der Waals surface area contributed by atoms with Gasteiger partial charge in [0.05, 0.1) is 28.6 Å². The average Bonchev–Trinajstić information content (AvgIpc) is 2.58. The van der Waals surface area contributed by atoms with Crippen LogP contribution in [-0.4, -0.2) is 42.4 Å². The molecule has 0 saturated heterocycles. The summed E-state index contributed by atoms with van der Waals surface area (Å²) in [6.45, 7) is 3.57. The van der Waals surface area contributed by atoms with Gasteiger partial charge in [-0.1, -0.05) is 12.1 Å². The summed E-state index contributed by atoms with van der Waals surface area (Å²) >= 11 is 0. The van der Waals surface area contributed by atoms with Crippen LogP contribution in [-0.2, 0) is 15.8 Å². The van der Waals surface area contributed by atoms with Gasteiger partial charge in [0.2, 0.25) is 0 Å². The van der Waals surface area contributed by atoms with Gasteiger partial charge in [-0.3, -0.25) is 9.78 Å². The van der Waals surface area contributed by atoms with E-state index in [0.717, 1.165) is 0 Å². The zero-order chi connectivity index (χ0) is 20.5. The van der Waals surface area contributed by atoms with E-state index in [1.165, 1.54) is 18.5 Å². The van der Waals surface area contributed by atoms with Crippen molar-refractivity contribution in [3.63, 3.8) is 0 Å². The smallest absolute Gasteiger partial charge is 0.259 e. The van der Waals surface area contributed by atoms with Crippen molar-refractivity contribution < 1.29 is 23.1 Å². The highest BCUT2D eigenvalue weighted by Crippen LogP contribution is 2.28. The summed E-state index contributed by atoms with van der Waals surface area (Å²) in [6, 6.07) is 6.39. The minimum absolute atomic E-state index is 0.0705. The van der Waals surface area contributed by atoms with Crippen LogP contribution in [0.1, 0.15) is 35.3 Å². The zero-order valence-corrected chi connectivity index (χ0v) is 16.2. The maximum atomic E-state index is 12.4. The third kappa shape index (κ3) is 4.22. The van der Waals surface area contributed by atoms with Crippen LogP contribution < -0.4 is 15.8 Å². The number of carbonyl (C=O) groups is 1. The van der Waals surface area contributed by atoms with Crippen molar-refractivity contribution >= 4 is 21.8 Å². The minimum Gasteiger partial charge on any atom is -0.505 e. The first kappa shape index (κ1) is 19.6. The first-order valence-electron chi connectivity index (χ1n) is 8.37. The van der Waals surface area contributed by atoms with E-state index in [9.17, 15) is 18.3 Å². The Balaban J connectivity index is 1.76. The molecule has 10 heteroatoms. The Kier molecular flexibility index (Phi) is 4.99. The molecular weight excluding hydrogens is 384 g/mol. The third-order valence-electron chi connectivity index (χ3n) is 4.03. The number of fused-ring (bicyclic) bond motifs is 1. The van der Waals surface area contributed by atoms with Gasteiger partial charge >= 0.3 is 0 Å². The molecule has 0 unspecified atom stereocenters. The Labute approximate surface area is 162 Å². The Hall–Kier alpha value is -3.14. The predicted molar refractivity (Wildman–Crippen MR) is 103 cm³/mol. The fourth-order valence-electron chi connectivity index (χ4n) is 2.78. The lowest BCUT2D eigenvalue weighted by Crippen LogP contribution is -2.48. The monoisotopic (exact) mass is 404 g/mol. The topological polar surface area (TPSA) is 144 Å². The van der Waals surface area contributed by atoms with Crippen molar-refractivity contribution in [3.8, 4) is 11.5 Å². The van der Waals surface area contributed by atoms with Gasteiger partial charge in [-0.15, -0.1) is 4.40 Å². The van der Waals surface area contributed by atoms with Gasteiger partial charge in [-0.25, -0.2) is 8.42 Å². The molecule has 2 heterocycles. The van der Waals surface area contributed by atoms with Crippen LogP contribution in [0.3, 0.4) is 0 Å². The largest absolute Gasteiger partial charge is 0.505 e. The molecule has 0 atom stereocenters. The van der Waals surface area contributed by atoms with Gasteiger partial charge in [0.1, 0.15) is 23.9 Å². The van der Waals surface area contributed by atoms with Crippen molar-refractivity contribution in [1.29, 1.82) is 0 Å². The van der Waals surface area contributed by atoms with E-state index in [-0.39, 0.29) is 29.5 Å². The van der Waals surface area contributed by atoms with Crippen LogP contribution in [0.4, 0.5) is 0 Å². The molecule has 0 bridgehead atoms. The van der Waals surface area contributed by atoms with Crippen LogP contribution in [0.5, 0.6) is 11.5 Å². The number of ether oxygens (including phenoxy) is 1. The second-order valence-electron chi connectivity index (χ2n) is 7.01. The molecule has 3 rings (SSSR count). The summed E-state index contributed by atoms with van der Waals surface area (Å²) in [7, 11) is -3.63. The lowest BCUT2D eigenvalue weighted by Gasteiger charge is -2.27. The number of pyridine rings is 1. The number of aromatic nitrogens is 1. The highest BCUT2D eigenvalue weighted by atomic mass is 32.2. The molecular formula is C18H20N4O5S. The third-order valence-corrected chi connectivity index (χ3v) is 5.18.